The molecule has 0 heterocycles. The van der Waals surface area contributed by atoms with E-state index in [0.717, 1.165) is 5.12 Å². The normalized spacial score (nSPS) is 14.6. The number of rotatable bonds is 1. The van der Waals surface area contributed by atoms with E-state index in [2.05, 4.69) is 0 Å². The van der Waals surface area contributed by atoms with Gasteiger partial charge in [-0.1, -0.05) is 6.08 Å². The van der Waals surface area contributed by atoms with E-state index >= 15 is 0 Å². The lowest BCUT2D eigenvalue weighted by Crippen LogP contribution is -2.36. The zero-order valence-corrected chi connectivity index (χ0v) is 8.31. The maximum atomic E-state index is 10.4. The molecule has 1 rings (SSSR count). The summed E-state index contributed by atoms with van der Waals surface area (Å²) in [5.74, 6) is 10.4. The fourth-order valence-corrected chi connectivity index (χ4v) is 1.23. The summed E-state index contributed by atoms with van der Waals surface area (Å²) < 4.78 is 20.9. The van der Waals surface area contributed by atoms with Crippen molar-refractivity contribution in [1.82, 2.24) is 5.12 Å². The molecule has 1 aliphatic rings. The van der Waals surface area contributed by atoms with Crippen molar-refractivity contribution >= 4 is 27.6 Å². The van der Waals surface area contributed by atoms with Gasteiger partial charge in [0.25, 0.3) is 0 Å². The first-order chi connectivity index (χ1) is 5.61. The van der Waals surface area contributed by atoms with Gasteiger partial charge in [0.15, 0.2) is 0 Å². The van der Waals surface area contributed by atoms with E-state index in [4.69, 9.17) is 11.7 Å². The molecular weight excluding hydrogens is 214 g/mol. The standard InChI is InChI=1S/C6H9N3O2S.ClH/c7-9(8)5-1-3-6(4-2-5)12(10)11;/h1-3H,4,7-8H2;1H. The fourth-order valence-electron chi connectivity index (χ4n) is 0.835. The zero-order valence-electron chi connectivity index (χ0n) is 6.67. The van der Waals surface area contributed by atoms with Crippen LogP contribution in [0.4, 0.5) is 0 Å². The van der Waals surface area contributed by atoms with Crippen molar-refractivity contribution in [2.75, 3.05) is 0 Å². The summed E-state index contributed by atoms with van der Waals surface area (Å²) in [5.41, 5.74) is 0.601. The van der Waals surface area contributed by atoms with Crippen LogP contribution in [0.3, 0.4) is 0 Å². The monoisotopic (exact) mass is 223 g/mol. The molecule has 0 aliphatic heterocycles. The molecule has 0 radical (unpaired) electrons. The molecule has 1 aliphatic carbocycles. The highest BCUT2D eigenvalue weighted by atomic mass is 35.5. The third-order valence-electron chi connectivity index (χ3n) is 1.46. The Balaban J connectivity index is 0.00000144. The molecule has 0 spiro atoms. The van der Waals surface area contributed by atoms with Crippen molar-refractivity contribution in [2.45, 2.75) is 6.42 Å². The first-order valence-electron chi connectivity index (χ1n) is 3.24. The summed E-state index contributed by atoms with van der Waals surface area (Å²) in [6, 6.07) is 0. The van der Waals surface area contributed by atoms with Gasteiger partial charge in [-0.05, 0) is 12.2 Å². The van der Waals surface area contributed by atoms with Gasteiger partial charge in [-0.25, -0.2) is 16.8 Å². The molecule has 5 nitrogen and oxygen atoms in total. The number of hydrogen-bond acceptors (Lipinski definition) is 5. The van der Waals surface area contributed by atoms with Gasteiger partial charge < -0.3 is 0 Å². The number of nitrogens with zero attached hydrogens (tertiary/aromatic N) is 1. The van der Waals surface area contributed by atoms with Gasteiger partial charge >= 0.3 is 0 Å². The van der Waals surface area contributed by atoms with Crippen molar-refractivity contribution in [3.05, 3.63) is 23.9 Å². The van der Waals surface area contributed by atoms with Crippen LogP contribution in [0.15, 0.2) is 23.9 Å². The van der Waals surface area contributed by atoms with Gasteiger partial charge in [0.1, 0.15) is 0 Å². The molecule has 7 heteroatoms. The highest BCUT2D eigenvalue weighted by Gasteiger charge is 2.04. The Kier molecular flexibility index (Phi) is 4.71. The predicted octanol–water partition coefficient (Wildman–Crippen LogP) is -0.647. The van der Waals surface area contributed by atoms with Crippen LogP contribution in [-0.2, 0) is 10.3 Å². The molecular formula is C6H10ClN3O2S. The molecule has 0 fully saturated rings. The zero-order chi connectivity index (χ0) is 9.14. The molecule has 0 amide bonds. The third kappa shape index (κ3) is 3.19. The number of allylic oxidation sites excluding steroid dienone is 3. The maximum absolute atomic E-state index is 10.4. The SMILES string of the molecule is Cl.NN(N)C1=CCC(=S(=O)=O)C=C1. The molecule has 4 N–H and O–H groups in total. The molecule has 0 unspecified atom stereocenters. The second kappa shape index (κ2) is 5.03. The van der Waals surface area contributed by atoms with E-state index in [1.807, 2.05) is 0 Å². The Bertz CT molecular complexity index is 359. The number of halogens is 1. The molecule has 0 saturated heterocycles. The highest BCUT2D eigenvalue weighted by Crippen LogP contribution is 2.06. The first kappa shape index (κ1) is 12.2. The van der Waals surface area contributed by atoms with Crippen molar-refractivity contribution < 1.29 is 8.42 Å². The van der Waals surface area contributed by atoms with Crippen LogP contribution in [0.1, 0.15) is 6.42 Å². The predicted molar refractivity (Wildman–Crippen MR) is 53.2 cm³/mol. The minimum absolute atomic E-state index is 0. The van der Waals surface area contributed by atoms with Crippen molar-refractivity contribution in [1.29, 1.82) is 0 Å². The van der Waals surface area contributed by atoms with E-state index < -0.39 is 10.3 Å². The second-order valence-corrected chi connectivity index (χ2v) is 3.27. The van der Waals surface area contributed by atoms with Crippen molar-refractivity contribution in [3.8, 4) is 0 Å². The topological polar surface area (TPSA) is 89.4 Å². The van der Waals surface area contributed by atoms with Crippen LogP contribution in [0.25, 0.3) is 0 Å². The van der Waals surface area contributed by atoms with Crippen LogP contribution in [-0.4, -0.2) is 18.4 Å². The fraction of sp³-hybridized carbons (Fsp3) is 0.167. The van der Waals surface area contributed by atoms with Crippen LogP contribution in [0, 0.1) is 0 Å². The van der Waals surface area contributed by atoms with Crippen LogP contribution in [0.5, 0.6) is 0 Å². The molecule has 0 aromatic rings. The quantitative estimate of drug-likeness (QED) is 0.350. The Labute approximate surface area is 83.6 Å². The Morgan fingerprint density at radius 1 is 1.31 bits per heavy atom. The molecule has 0 aromatic carbocycles. The maximum Gasteiger partial charge on any atom is 0.217 e. The lowest BCUT2D eigenvalue weighted by Gasteiger charge is -2.14. The summed E-state index contributed by atoms with van der Waals surface area (Å²) in [6.45, 7) is 0. The molecule has 13 heavy (non-hydrogen) atoms. The van der Waals surface area contributed by atoms with Gasteiger partial charge in [-0.2, -0.15) is 8.42 Å². The largest absolute Gasteiger partial charge is 0.247 e. The van der Waals surface area contributed by atoms with Gasteiger partial charge in [0, 0.05) is 6.42 Å². The summed E-state index contributed by atoms with van der Waals surface area (Å²) in [5, 5.41) is 0.945. The first-order valence-corrected chi connectivity index (χ1v) is 4.31. The van der Waals surface area contributed by atoms with Gasteiger partial charge in [0.05, 0.1) is 10.6 Å². The van der Waals surface area contributed by atoms with Crippen molar-refractivity contribution in [2.24, 2.45) is 11.7 Å². The number of hydrazine groups is 2. The smallest absolute Gasteiger partial charge is 0.217 e. The van der Waals surface area contributed by atoms with Gasteiger partial charge in [0.2, 0.25) is 10.3 Å². The number of hydrogen-bond donors (Lipinski definition) is 2. The summed E-state index contributed by atoms with van der Waals surface area (Å²) in [6.07, 6.45) is 5.01. The Hall–Kier alpha value is -0.820. The lowest BCUT2D eigenvalue weighted by molar-refractivity contribution is 0.387. The van der Waals surface area contributed by atoms with E-state index in [9.17, 15) is 8.42 Å². The van der Waals surface area contributed by atoms with E-state index in [1.54, 1.807) is 12.2 Å². The average molecular weight is 224 g/mol. The molecule has 74 valence electrons. The minimum Gasteiger partial charge on any atom is -0.247 e. The van der Waals surface area contributed by atoms with Gasteiger partial charge in [-0.3, -0.25) is 0 Å². The summed E-state index contributed by atoms with van der Waals surface area (Å²) in [4.78, 5) is 0.334. The summed E-state index contributed by atoms with van der Waals surface area (Å²) >= 11 is 0. The number of nitrogens with two attached hydrogens (primary N) is 2. The minimum atomic E-state index is -2.15. The van der Waals surface area contributed by atoms with E-state index in [1.165, 1.54) is 6.08 Å². The molecule has 0 saturated carbocycles. The van der Waals surface area contributed by atoms with Gasteiger partial charge in [-0.15, -0.1) is 12.4 Å². The van der Waals surface area contributed by atoms with Crippen molar-refractivity contribution in [3.63, 3.8) is 0 Å². The summed E-state index contributed by atoms with van der Waals surface area (Å²) in [7, 11) is -2.15. The average Bonchev–Trinajstić information content (AvgIpc) is 2.04. The van der Waals surface area contributed by atoms with Crippen LogP contribution >= 0.6 is 12.4 Å². The highest BCUT2D eigenvalue weighted by molar-refractivity contribution is 7.73. The Morgan fingerprint density at radius 2 is 1.92 bits per heavy atom. The third-order valence-corrected chi connectivity index (χ3v) is 2.20. The second-order valence-electron chi connectivity index (χ2n) is 2.27. The Morgan fingerprint density at radius 3 is 2.23 bits per heavy atom. The van der Waals surface area contributed by atoms with E-state index in [0.29, 0.717) is 17.0 Å². The molecule has 0 atom stereocenters. The van der Waals surface area contributed by atoms with Crippen LogP contribution < -0.4 is 11.7 Å². The van der Waals surface area contributed by atoms with E-state index in [-0.39, 0.29) is 12.4 Å². The lowest BCUT2D eigenvalue weighted by atomic mass is 10.1. The molecule has 0 aromatic heterocycles. The molecule has 0 bridgehead atoms. The van der Waals surface area contributed by atoms with Crippen LogP contribution in [0.2, 0.25) is 0 Å².